The molecule has 2 aromatic rings. The Morgan fingerprint density at radius 2 is 1.80 bits per heavy atom. The summed E-state index contributed by atoms with van der Waals surface area (Å²) in [5.74, 6) is -1.84. The Labute approximate surface area is 213 Å². The predicted octanol–water partition coefficient (Wildman–Crippen LogP) is 4.28. The SMILES string of the molecule is CCOC(=O)c1c(C2CC2)csc1NC(=O)COC(=O)c1cc(S(=O)(=O)N(CC)CC)ccc1Cl. The van der Waals surface area contributed by atoms with Crippen LogP contribution in [0.1, 0.15) is 65.8 Å². The summed E-state index contributed by atoms with van der Waals surface area (Å²) < 4.78 is 37.0. The van der Waals surface area contributed by atoms with Gasteiger partial charge in [-0.3, -0.25) is 4.79 Å². The van der Waals surface area contributed by atoms with Crippen LogP contribution in [0.2, 0.25) is 5.02 Å². The standard InChI is InChI=1S/C23H27ClN2O7S2/c1-4-26(5-2)35(30,31)15-9-10-18(24)16(11-15)22(28)33-12-19(27)25-21-20(23(29)32-6-3)17(13-34-21)14-7-8-14/h9-11,13-14H,4-8,12H2,1-3H3,(H,25,27). The van der Waals surface area contributed by atoms with Crippen LogP contribution < -0.4 is 5.32 Å². The number of anilines is 1. The molecular formula is C23H27ClN2O7S2. The van der Waals surface area contributed by atoms with E-state index in [0.29, 0.717) is 10.6 Å². The molecule has 9 nitrogen and oxygen atoms in total. The minimum atomic E-state index is -3.82. The Hall–Kier alpha value is -2.47. The highest BCUT2D eigenvalue weighted by Crippen LogP contribution is 2.46. The van der Waals surface area contributed by atoms with E-state index in [1.807, 2.05) is 5.38 Å². The fraction of sp³-hybridized carbons (Fsp3) is 0.435. The number of hydrogen-bond donors (Lipinski definition) is 1. The van der Waals surface area contributed by atoms with Gasteiger partial charge >= 0.3 is 11.9 Å². The van der Waals surface area contributed by atoms with Gasteiger partial charge in [0.15, 0.2) is 6.61 Å². The van der Waals surface area contributed by atoms with E-state index < -0.39 is 34.5 Å². The van der Waals surface area contributed by atoms with Gasteiger partial charge in [-0.25, -0.2) is 18.0 Å². The van der Waals surface area contributed by atoms with E-state index in [2.05, 4.69) is 5.32 Å². The number of nitrogens with one attached hydrogen (secondary N) is 1. The number of carbonyl (C=O) groups is 3. The molecule has 35 heavy (non-hydrogen) atoms. The molecule has 0 saturated heterocycles. The lowest BCUT2D eigenvalue weighted by atomic mass is 10.1. The van der Waals surface area contributed by atoms with Crippen molar-refractivity contribution in [1.82, 2.24) is 4.31 Å². The predicted molar refractivity (Wildman–Crippen MR) is 133 cm³/mol. The van der Waals surface area contributed by atoms with Gasteiger partial charge < -0.3 is 14.8 Å². The monoisotopic (exact) mass is 542 g/mol. The van der Waals surface area contributed by atoms with Crippen LogP contribution in [0.5, 0.6) is 0 Å². The molecule has 0 radical (unpaired) electrons. The van der Waals surface area contributed by atoms with Crippen LogP contribution >= 0.6 is 22.9 Å². The zero-order valence-electron chi connectivity index (χ0n) is 19.6. The molecule has 12 heteroatoms. The van der Waals surface area contributed by atoms with Gasteiger partial charge in [-0.2, -0.15) is 4.31 Å². The molecule has 1 fully saturated rings. The topological polar surface area (TPSA) is 119 Å². The van der Waals surface area contributed by atoms with Crippen LogP contribution in [-0.4, -0.2) is 56.9 Å². The first-order chi connectivity index (χ1) is 16.6. The Bertz CT molecular complexity index is 1220. The highest BCUT2D eigenvalue weighted by atomic mass is 35.5. The summed E-state index contributed by atoms with van der Waals surface area (Å²) in [6.07, 6.45) is 1.94. The average Bonchev–Trinajstić information content (AvgIpc) is 3.58. The second-order valence-electron chi connectivity index (χ2n) is 7.75. The summed E-state index contributed by atoms with van der Waals surface area (Å²) in [7, 11) is -3.82. The second-order valence-corrected chi connectivity index (χ2v) is 11.0. The molecule has 3 rings (SSSR count). The largest absolute Gasteiger partial charge is 0.462 e. The van der Waals surface area contributed by atoms with Crippen molar-refractivity contribution in [2.45, 2.75) is 44.4 Å². The van der Waals surface area contributed by atoms with Gasteiger partial charge in [0, 0.05) is 13.1 Å². The zero-order valence-corrected chi connectivity index (χ0v) is 22.0. The quantitative estimate of drug-likeness (QED) is 0.421. The number of rotatable bonds is 11. The van der Waals surface area contributed by atoms with Gasteiger partial charge in [-0.15, -0.1) is 11.3 Å². The third-order valence-electron chi connectivity index (χ3n) is 5.40. The van der Waals surface area contributed by atoms with Crippen molar-refractivity contribution >= 4 is 55.8 Å². The number of ether oxygens (including phenoxy) is 2. The smallest absolute Gasteiger partial charge is 0.341 e. The van der Waals surface area contributed by atoms with Gasteiger partial charge in [0.25, 0.3) is 5.91 Å². The number of sulfonamides is 1. The van der Waals surface area contributed by atoms with Crippen molar-refractivity contribution in [3.05, 3.63) is 45.3 Å². The van der Waals surface area contributed by atoms with Crippen molar-refractivity contribution < 1.29 is 32.3 Å². The van der Waals surface area contributed by atoms with E-state index in [-0.39, 0.29) is 41.1 Å². The van der Waals surface area contributed by atoms with E-state index in [1.54, 1.807) is 20.8 Å². The molecule has 1 aliphatic carbocycles. The minimum Gasteiger partial charge on any atom is -0.462 e. The number of halogens is 1. The van der Waals surface area contributed by atoms with E-state index in [1.165, 1.54) is 27.8 Å². The van der Waals surface area contributed by atoms with Gasteiger partial charge in [-0.1, -0.05) is 25.4 Å². The molecule has 190 valence electrons. The van der Waals surface area contributed by atoms with Gasteiger partial charge in [0.2, 0.25) is 10.0 Å². The summed E-state index contributed by atoms with van der Waals surface area (Å²) in [4.78, 5) is 37.4. The molecule has 1 N–H and O–H groups in total. The molecule has 0 bridgehead atoms. The normalized spacial score (nSPS) is 13.5. The fourth-order valence-corrected chi connectivity index (χ4v) is 6.20. The summed E-state index contributed by atoms with van der Waals surface area (Å²) in [5.41, 5.74) is 1.00. The lowest BCUT2D eigenvalue weighted by Crippen LogP contribution is -2.30. The first kappa shape index (κ1) is 27.1. The maximum absolute atomic E-state index is 12.8. The molecule has 1 amide bonds. The molecule has 1 heterocycles. The van der Waals surface area contributed by atoms with Gasteiger partial charge in [0.1, 0.15) is 5.00 Å². The van der Waals surface area contributed by atoms with Crippen LogP contribution in [0.15, 0.2) is 28.5 Å². The lowest BCUT2D eigenvalue weighted by molar-refractivity contribution is -0.119. The molecule has 1 aromatic carbocycles. The summed E-state index contributed by atoms with van der Waals surface area (Å²) in [6, 6.07) is 3.74. The van der Waals surface area contributed by atoms with E-state index in [4.69, 9.17) is 21.1 Å². The molecule has 1 saturated carbocycles. The average molecular weight is 543 g/mol. The van der Waals surface area contributed by atoms with Crippen molar-refractivity contribution in [3.8, 4) is 0 Å². The minimum absolute atomic E-state index is 0.00849. The summed E-state index contributed by atoms with van der Waals surface area (Å²) >= 11 is 7.30. The van der Waals surface area contributed by atoms with E-state index in [9.17, 15) is 22.8 Å². The number of thiophene rings is 1. The maximum atomic E-state index is 12.8. The number of nitrogens with zero attached hydrogens (tertiary/aromatic N) is 1. The number of amides is 1. The van der Waals surface area contributed by atoms with E-state index in [0.717, 1.165) is 24.5 Å². The molecular weight excluding hydrogens is 516 g/mol. The van der Waals surface area contributed by atoms with Gasteiger partial charge in [-0.05, 0) is 54.8 Å². The third kappa shape index (κ3) is 6.21. The van der Waals surface area contributed by atoms with Crippen LogP contribution in [0.3, 0.4) is 0 Å². The van der Waals surface area contributed by atoms with Crippen molar-refractivity contribution in [2.75, 3.05) is 31.6 Å². The summed E-state index contributed by atoms with van der Waals surface area (Å²) in [5, 5.41) is 4.75. The Morgan fingerprint density at radius 3 is 2.40 bits per heavy atom. The molecule has 0 atom stereocenters. The third-order valence-corrected chi connectivity index (χ3v) is 8.69. The Balaban J connectivity index is 1.71. The molecule has 0 aliphatic heterocycles. The molecule has 0 spiro atoms. The Kier molecular flexibility index (Phi) is 8.92. The highest BCUT2D eigenvalue weighted by Gasteiger charge is 2.32. The maximum Gasteiger partial charge on any atom is 0.341 e. The zero-order chi connectivity index (χ0) is 25.8. The number of esters is 2. The molecule has 1 aromatic heterocycles. The molecule has 1 aliphatic rings. The number of hydrogen-bond acceptors (Lipinski definition) is 8. The highest BCUT2D eigenvalue weighted by molar-refractivity contribution is 7.89. The first-order valence-corrected chi connectivity index (χ1v) is 13.9. The van der Waals surface area contributed by atoms with E-state index >= 15 is 0 Å². The molecule has 0 unspecified atom stereocenters. The summed E-state index contributed by atoms with van der Waals surface area (Å²) in [6.45, 7) is 5.19. The van der Waals surface area contributed by atoms with Crippen molar-refractivity contribution in [1.29, 1.82) is 0 Å². The van der Waals surface area contributed by atoms with Crippen molar-refractivity contribution in [3.63, 3.8) is 0 Å². The lowest BCUT2D eigenvalue weighted by Gasteiger charge is -2.19. The van der Waals surface area contributed by atoms with Crippen molar-refractivity contribution in [2.24, 2.45) is 0 Å². The Morgan fingerprint density at radius 1 is 1.11 bits per heavy atom. The number of carbonyl (C=O) groups excluding carboxylic acids is 3. The first-order valence-electron chi connectivity index (χ1n) is 11.2. The number of benzene rings is 1. The van der Waals surface area contributed by atoms with Crippen LogP contribution in [-0.2, 0) is 24.3 Å². The second kappa shape index (κ2) is 11.5. The van der Waals surface area contributed by atoms with Gasteiger partial charge in [0.05, 0.1) is 27.7 Å². The van der Waals surface area contributed by atoms with Crippen LogP contribution in [0, 0.1) is 0 Å². The van der Waals surface area contributed by atoms with Crippen LogP contribution in [0.4, 0.5) is 5.00 Å². The van der Waals surface area contributed by atoms with Crippen LogP contribution in [0.25, 0.3) is 0 Å². The fourth-order valence-electron chi connectivity index (χ4n) is 3.48.